The van der Waals surface area contributed by atoms with Crippen molar-refractivity contribution >= 4 is 5.97 Å². The van der Waals surface area contributed by atoms with Crippen LogP contribution >= 0.6 is 0 Å². The summed E-state index contributed by atoms with van der Waals surface area (Å²) in [7, 11) is 0. The molecule has 0 amide bonds. The lowest BCUT2D eigenvalue weighted by Crippen LogP contribution is -2.08. The van der Waals surface area contributed by atoms with Gasteiger partial charge in [0.1, 0.15) is 0 Å². The number of aliphatic carboxylic acids is 1. The van der Waals surface area contributed by atoms with Gasteiger partial charge in [-0.1, -0.05) is 90.9 Å². The average molecular weight is 270 g/mol. The molecule has 0 aliphatic rings. The summed E-state index contributed by atoms with van der Waals surface area (Å²) >= 11 is 0. The predicted molar refractivity (Wildman–Crippen MR) is 82.5 cm³/mol. The van der Waals surface area contributed by atoms with Crippen molar-refractivity contribution in [1.29, 1.82) is 0 Å². The second-order valence-electron chi connectivity index (χ2n) is 5.92. The summed E-state index contributed by atoms with van der Waals surface area (Å²) in [5.41, 5.74) is 0. The quantitative estimate of drug-likeness (QED) is 0.405. The van der Waals surface area contributed by atoms with E-state index in [1.54, 1.807) is 6.92 Å². The fraction of sp³-hybridized carbons (Fsp3) is 0.941. The zero-order valence-corrected chi connectivity index (χ0v) is 13.1. The number of rotatable bonds is 14. The van der Waals surface area contributed by atoms with Gasteiger partial charge < -0.3 is 5.11 Å². The van der Waals surface area contributed by atoms with Crippen molar-refractivity contribution in [3.05, 3.63) is 0 Å². The van der Waals surface area contributed by atoms with Crippen molar-refractivity contribution in [2.24, 2.45) is 5.92 Å². The molecular formula is C17H34O2. The molecule has 0 spiro atoms. The van der Waals surface area contributed by atoms with Crippen molar-refractivity contribution < 1.29 is 9.90 Å². The first-order valence-electron chi connectivity index (χ1n) is 8.41. The SMILES string of the molecule is CCCCCCCCCCCCCC[C@@H](C)C(=O)O. The molecule has 0 saturated heterocycles. The number of carbonyl (C=O) groups is 1. The Bertz CT molecular complexity index is 201. The highest BCUT2D eigenvalue weighted by atomic mass is 16.4. The van der Waals surface area contributed by atoms with E-state index >= 15 is 0 Å². The standard InChI is InChI=1S/C17H34O2/c1-3-4-5-6-7-8-9-10-11-12-13-14-15-16(2)17(18)19/h16H,3-15H2,1-2H3,(H,18,19)/t16-/m1/s1. The molecule has 0 bridgehead atoms. The van der Waals surface area contributed by atoms with E-state index in [-0.39, 0.29) is 5.92 Å². The van der Waals surface area contributed by atoms with Gasteiger partial charge in [-0.15, -0.1) is 0 Å². The Hall–Kier alpha value is -0.530. The molecule has 0 aromatic heterocycles. The highest BCUT2D eigenvalue weighted by molar-refractivity contribution is 5.69. The maximum Gasteiger partial charge on any atom is 0.306 e. The molecule has 1 N–H and O–H groups in total. The summed E-state index contributed by atoms with van der Waals surface area (Å²) in [5.74, 6) is -0.814. The zero-order valence-electron chi connectivity index (χ0n) is 13.1. The van der Waals surface area contributed by atoms with Gasteiger partial charge in [-0.05, 0) is 6.42 Å². The van der Waals surface area contributed by atoms with E-state index in [9.17, 15) is 4.79 Å². The lowest BCUT2D eigenvalue weighted by Gasteiger charge is -2.05. The molecular weight excluding hydrogens is 236 g/mol. The molecule has 0 aliphatic heterocycles. The molecule has 19 heavy (non-hydrogen) atoms. The van der Waals surface area contributed by atoms with Gasteiger partial charge in [-0.2, -0.15) is 0 Å². The molecule has 0 saturated carbocycles. The first-order valence-corrected chi connectivity index (χ1v) is 8.41. The van der Waals surface area contributed by atoms with E-state index in [0.29, 0.717) is 0 Å². The summed E-state index contributed by atoms with van der Waals surface area (Å²) in [4.78, 5) is 10.6. The van der Waals surface area contributed by atoms with Gasteiger partial charge in [0.25, 0.3) is 0 Å². The van der Waals surface area contributed by atoms with Crippen molar-refractivity contribution in [2.45, 2.75) is 97.3 Å². The van der Waals surface area contributed by atoms with Crippen molar-refractivity contribution in [2.75, 3.05) is 0 Å². The van der Waals surface area contributed by atoms with E-state index in [1.807, 2.05) is 0 Å². The number of hydrogen-bond acceptors (Lipinski definition) is 1. The molecule has 0 unspecified atom stereocenters. The average Bonchev–Trinajstić information content (AvgIpc) is 2.39. The van der Waals surface area contributed by atoms with E-state index in [2.05, 4.69) is 6.92 Å². The van der Waals surface area contributed by atoms with Crippen LogP contribution in [0.25, 0.3) is 0 Å². The third-order valence-corrected chi connectivity index (χ3v) is 3.91. The van der Waals surface area contributed by atoms with Crippen LogP contribution in [0.1, 0.15) is 97.3 Å². The van der Waals surface area contributed by atoms with Crippen LogP contribution in [0.5, 0.6) is 0 Å². The Labute approximate surface area is 120 Å². The third kappa shape index (κ3) is 13.7. The monoisotopic (exact) mass is 270 g/mol. The van der Waals surface area contributed by atoms with Crippen molar-refractivity contribution in [1.82, 2.24) is 0 Å². The van der Waals surface area contributed by atoms with E-state index in [4.69, 9.17) is 5.11 Å². The van der Waals surface area contributed by atoms with Gasteiger partial charge >= 0.3 is 5.97 Å². The molecule has 0 rings (SSSR count). The number of unbranched alkanes of at least 4 members (excludes halogenated alkanes) is 11. The van der Waals surface area contributed by atoms with Gasteiger partial charge in [0.15, 0.2) is 0 Å². The van der Waals surface area contributed by atoms with Crippen LogP contribution in [-0.2, 0) is 4.79 Å². The molecule has 0 aromatic carbocycles. The molecule has 0 radical (unpaired) electrons. The Morgan fingerprint density at radius 1 is 0.789 bits per heavy atom. The van der Waals surface area contributed by atoms with Crippen LogP contribution in [0.3, 0.4) is 0 Å². The third-order valence-electron chi connectivity index (χ3n) is 3.91. The minimum absolute atomic E-state index is 0.164. The fourth-order valence-electron chi connectivity index (χ4n) is 2.41. The Morgan fingerprint density at radius 2 is 1.16 bits per heavy atom. The highest BCUT2D eigenvalue weighted by Crippen LogP contribution is 2.14. The minimum atomic E-state index is -0.650. The normalized spacial score (nSPS) is 12.5. The van der Waals surface area contributed by atoms with E-state index in [0.717, 1.165) is 12.8 Å². The molecule has 0 aliphatic carbocycles. The maximum atomic E-state index is 10.6. The van der Waals surface area contributed by atoms with Gasteiger partial charge in [0, 0.05) is 0 Å². The van der Waals surface area contributed by atoms with Crippen LogP contribution in [0.4, 0.5) is 0 Å². The highest BCUT2D eigenvalue weighted by Gasteiger charge is 2.09. The van der Waals surface area contributed by atoms with Crippen LogP contribution < -0.4 is 0 Å². The van der Waals surface area contributed by atoms with Gasteiger partial charge in [0.2, 0.25) is 0 Å². The van der Waals surface area contributed by atoms with Crippen molar-refractivity contribution in [3.8, 4) is 0 Å². The van der Waals surface area contributed by atoms with Gasteiger partial charge in [-0.25, -0.2) is 0 Å². The predicted octanol–water partition coefficient (Wildman–Crippen LogP) is 5.80. The molecule has 1 atom stereocenters. The topological polar surface area (TPSA) is 37.3 Å². The molecule has 2 nitrogen and oxygen atoms in total. The van der Waals surface area contributed by atoms with Crippen LogP contribution in [-0.4, -0.2) is 11.1 Å². The summed E-state index contributed by atoms with van der Waals surface area (Å²) in [6.07, 6.45) is 16.9. The molecule has 114 valence electrons. The summed E-state index contributed by atoms with van der Waals surface area (Å²) in [6.45, 7) is 4.07. The molecule has 0 aromatic rings. The van der Waals surface area contributed by atoms with Gasteiger partial charge in [-0.3, -0.25) is 4.79 Å². The number of carboxylic acid groups (broad SMARTS) is 1. The second-order valence-corrected chi connectivity index (χ2v) is 5.92. The van der Waals surface area contributed by atoms with Crippen molar-refractivity contribution in [3.63, 3.8) is 0 Å². The first-order chi connectivity index (χ1) is 9.18. The fourth-order valence-corrected chi connectivity index (χ4v) is 2.41. The Balaban J connectivity index is 3.05. The summed E-state index contributed by atoms with van der Waals surface area (Å²) < 4.78 is 0. The molecule has 0 heterocycles. The minimum Gasteiger partial charge on any atom is -0.481 e. The van der Waals surface area contributed by atoms with Crippen LogP contribution in [0.2, 0.25) is 0 Å². The maximum absolute atomic E-state index is 10.6. The summed E-state index contributed by atoms with van der Waals surface area (Å²) in [5, 5.41) is 8.76. The largest absolute Gasteiger partial charge is 0.481 e. The first kappa shape index (κ1) is 18.5. The zero-order chi connectivity index (χ0) is 14.3. The summed E-state index contributed by atoms with van der Waals surface area (Å²) in [6, 6.07) is 0. The molecule has 2 heteroatoms. The van der Waals surface area contributed by atoms with Gasteiger partial charge in [0.05, 0.1) is 5.92 Å². The Kier molecular flexibility index (Phi) is 13.5. The second kappa shape index (κ2) is 13.9. The lowest BCUT2D eigenvalue weighted by atomic mass is 10.0. The van der Waals surface area contributed by atoms with Crippen LogP contribution in [0.15, 0.2) is 0 Å². The smallest absolute Gasteiger partial charge is 0.306 e. The lowest BCUT2D eigenvalue weighted by molar-refractivity contribution is -0.141. The number of carboxylic acids is 1. The number of hydrogen-bond donors (Lipinski definition) is 1. The Morgan fingerprint density at radius 3 is 1.53 bits per heavy atom. The van der Waals surface area contributed by atoms with Crippen LogP contribution in [0, 0.1) is 5.92 Å². The van der Waals surface area contributed by atoms with E-state index in [1.165, 1.54) is 70.6 Å². The van der Waals surface area contributed by atoms with E-state index < -0.39 is 5.97 Å². The molecule has 0 fully saturated rings.